The van der Waals surface area contributed by atoms with Crippen LogP contribution in [0.2, 0.25) is 0 Å². The Kier molecular flexibility index (Phi) is 5.85. The van der Waals surface area contributed by atoms with Crippen LogP contribution in [-0.4, -0.2) is 37.0 Å². The average Bonchev–Trinajstić information content (AvgIpc) is 2.85. The highest BCUT2D eigenvalue weighted by molar-refractivity contribution is 7.12. The number of hydrogen-bond acceptors (Lipinski definition) is 4. The number of esters is 1. The Balaban J connectivity index is 2.85. The number of rotatable bonds is 6. The molecule has 5 heteroatoms. The van der Waals surface area contributed by atoms with Crippen molar-refractivity contribution in [1.82, 2.24) is 4.90 Å². The maximum absolute atomic E-state index is 12.4. The third-order valence-corrected chi connectivity index (χ3v) is 3.59. The number of carbonyl (C=O) groups is 2. The van der Waals surface area contributed by atoms with Crippen LogP contribution in [-0.2, 0) is 16.0 Å². The van der Waals surface area contributed by atoms with Gasteiger partial charge < -0.3 is 9.64 Å². The number of methoxy groups -OCH3 is 1. The van der Waals surface area contributed by atoms with E-state index in [1.54, 1.807) is 4.90 Å². The summed E-state index contributed by atoms with van der Waals surface area (Å²) in [7, 11) is 1.33. The van der Waals surface area contributed by atoms with Gasteiger partial charge in [0, 0.05) is 6.54 Å². The lowest BCUT2D eigenvalue weighted by Gasteiger charge is -2.20. The molecule has 0 aliphatic heterocycles. The van der Waals surface area contributed by atoms with Crippen LogP contribution >= 0.6 is 11.3 Å². The van der Waals surface area contributed by atoms with Gasteiger partial charge in [0.05, 0.1) is 12.0 Å². The van der Waals surface area contributed by atoms with E-state index in [1.807, 2.05) is 25.3 Å². The van der Waals surface area contributed by atoms with Gasteiger partial charge in [-0.3, -0.25) is 9.59 Å². The van der Waals surface area contributed by atoms with Crippen molar-refractivity contribution in [2.24, 2.45) is 0 Å². The maximum Gasteiger partial charge on any atom is 0.325 e. The molecular formula is C13H19NO3S. The number of nitrogens with zero attached hydrogens (tertiary/aromatic N) is 1. The lowest BCUT2D eigenvalue weighted by molar-refractivity contribution is -0.141. The third-order valence-electron chi connectivity index (χ3n) is 2.65. The second-order valence-electron chi connectivity index (χ2n) is 3.93. The molecule has 0 unspecified atom stereocenters. The summed E-state index contributed by atoms with van der Waals surface area (Å²) in [4.78, 5) is 26.0. The Labute approximate surface area is 112 Å². The Morgan fingerprint density at radius 1 is 1.39 bits per heavy atom. The lowest BCUT2D eigenvalue weighted by Crippen LogP contribution is -2.36. The first kappa shape index (κ1) is 14.7. The van der Waals surface area contributed by atoms with Crippen LogP contribution in [0.15, 0.2) is 11.4 Å². The van der Waals surface area contributed by atoms with Crippen LogP contribution in [0.1, 0.15) is 35.5 Å². The van der Waals surface area contributed by atoms with Gasteiger partial charge >= 0.3 is 5.97 Å². The van der Waals surface area contributed by atoms with E-state index >= 15 is 0 Å². The number of carbonyl (C=O) groups excluding carboxylic acids is 2. The zero-order valence-corrected chi connectivity index (χ0v) is 11.9. The van der Waals surface area contributed by atoms with E-state index in [0.29, 0.717) is 6.54 Å². The topological polar surface area (TPSA) is 46.6 Å². The molecule has 1 aromatic heterocycles. The molecular weight excluding hydrogens is 250 g/mol. The van der Waals surface area contributed by atoms with E-state index in [4.69, 9.17) is 0 Å². The fourth-order valence-electron chi connectivity index (χ4n) is 1.69. The summed E-state index contributed by atoms with van der Waals surface area (Å²) in [5, 5.41) is 1.91. The molecule has 0 bridgehead atoms. The first-order chi connectivity index (χ1) is 8.63. The summed E-state index contributed by atoms with van der Waals surface area (Å²) >= 11 is 1.43. The SMILES string of the molecule is CCCN(CC(=O)OC)C(=O)c1sccc1CC. The van der Waals surface area contributed by atoms with Crippen LogP contribution in [0.25, 0.3) is 0 Å². The normalized spacial score (nSPS) is 10.2. The predicted octanol–water partition coefficient (Wildman–Crippen LogP) is 2.34. The second kappa shape index (κ2) is 7.16. The Morgan fingerprint density at radius 3 is 2.67 bits per heavy atom. The molecule has 0 saturated carbocycles. The molecule has 100 valence electrons. The Bertz CT molecular complexity index is 414. The molecule has 1 rings (SSSR count). The Morgan fingerprint density at radius 2 is 2.11 bits per heavy atom. The van der Waals surface area contributed by atoms with Crippen molar-refractivity contribution in [2.45, 2.75) is 26.7 Å². The van der Waals surface area contributed by atoms with E-state index in [2.05, 4.69) is 4.74 Å². The maximum atomic E-state index is 12.4. The summed E-state index contributed by atoms with van der Waals surface area (Å²) < 4.78 is 4.62. The van der Waals surface area contributed by atoms with E-state index in [0.717, 1.165) is 23.3 Å². The standard InChI is InChI=1S/C13H19NO3S/c1-4-7-14(9-11(15)17-3)13(16)12-10(5-2)6-8-18-12/h6,8H,4-5,7,9H2,1-3H3. The summed E-state index contributed by atoms with van der Waals surface area (Å²) in [6.45, 7) is 4.58. The second-order valence-corrected chi connectivity index (χ2v) is 4.85. The van der Waals surface area contributed by atoms with Crippen LogP contribution in [0.5, 0.6) is 0 Å². The van der Waals surface area contributed by atoms with Crippen molar-refractivity contribution < 1.29 is 14.3 Å². The van der Waals surface area contributed by atoms with Gasteiger partial charge in [-0.2, -0.15) is 0 Å². The first-order valence-electron chi connectivity index (χ1n) is 6.06. The average molecular weight is 269 g/mol. The van der Waals surface area contributed by atoms with E-state index in [9.17, 15) is 9.59 Å². The monoisotopic (exact) mass is 269 g/mol. The molecule has 0 aromatic carbocycles. The van der Waals surface area contributed by atoms with Gasteiger partial charge in [0.2, 0.25) is 0 Å². The van der Waals surface area contributed by atoms with Crippen molar-refractivity contribution >= 4 is 23.2 Å². The van der Waals surface area contributed by atoms with Crippen LogP contribution in [0.3, 0.4) is 0 Å². The molecule has 1 aromatic rings. The van der Waals surface area contributed by atoms with Crippen molar-refractivity contribution in [1.29, 1.82) is 0 Å². The van der Waals surface area contributed by atoms with E-state index in [1.165, 1.54) is 18.4 Å². The number of thiophene rings is 1. The number of aryl methyl sites for hydroxylation is 1. The zero-order chi connectivity index (χ0) is 13.5. The molecule has 0 radical (unpaired) electrons. The predicted molar refractivity (Wildman–Crippen MR) is 71.9 cm³/mol. The summed E-state index contributed by atoms with van der Waals surface area (Å²) in [5.74, 6) is -0.458. The highest BCUT2D eigenvalue weighted by atomic mass is 32.1. The van der Waals surface area contributed by atoms with Crippen molar-refractivity contribution in [3.05, 3.63) is 21.9 Å². The number of hydrogen-bond donors (Lipinski definition) is 0. The van der Waals surface area contributed by atoms with Gasteiger partial charge in [-0.25, -0.2) is 0 Å². The lowest BCUT2D eigenvalue weighted by atomic mass is 10.2. The largest absolute Gasteiger partial charge is 0.468 e. The molecule has 18 heavy (non-hydrogen) atoms. The molecule has 0 aliphatic carbocycles. The first-order valence-corrected chi connectivity index (χ1v) is 6.94. The molecule has 4 nitrogen and oxygen atoms in total. The summed E-state index contributed by atoms with van der Waals surface area (Å²) in [5.41, 5.74) is 1.04. The quantitative estimate of drug-likeness (QED) is 0.745. The highest BCUT2D eigenvalue weighted by Crippen LogP contribution is 2.19. The minimum atomic E-state index is -0.383. The van der Waals surface area contributed by atoms with E-state index < -0.39 is 0 Å². The molecule has 0 atom stereocenters. The molecule has 0 N–H and O–H groups in total. The third kappa shape index (κ3) is 3.57. The van der Waals surface area contributed by atoms with Crippen LogP contribution in [0.4, 0.5) is 0 Å². The van der Waals surface area contributed by atoms with Gasteiger partial charge in [-0.05, 0) is 29.9 Å². The fraction of sp³-hybridized carbons (Fsp3) is 0.538. The number of ether oxygens (including phenoxy) is 1. The van der Waals surface area contributed by atoms with Gasteiger partial charge in [-0.1, -0.05) is 13.8 Å². The van der Waals surface area contributed by atoms with E-state index in [-0.39, 0.29) is 18.4 Å². The smallest absolute Gasteiger partial charge is 0.325 e. The number of amides is 1. The fourth-order valence-corrected chi connectivity index (χ4v) is 2.65. The van der Waals surface area contributed by atoms with Gasteiger partial charge in [0.25, 0.3) is 5.91 Å². The minimum absolute atomic E-state index is 0.0181. The molecule has 0 aliphatic rings. The molecule has 0 fully saturated rings. The molecule has 1 amide bonds. The van der Waals surface area contributed by atoms with Crippen LogP contribution < -0.4 is 0 Å². The molecule has 0 spiro atoms. The molecule has 1 heterocycles. The van der Waals surface area contributed by atoms with Crippen molar-refractivity contribution in [2.75, 3.05) is 20.2 Å². The Hall–Kier alpha value is -1.36. The van der Waals surface area contributed by atoms with Gasteiger partial charge in [-0.15, -0.1) is 11.3 Å². The zero-order valence-electron chi connectivity index (χ0n) is 11.1. The van der Waals surface area contributed by atoms with Crippen LogP contribution in [0, 0.1) is 0 Å². The molecule has 0 saturated heterocycles. The highest BCUT2D eigenvalue weighted by Gasteiger charge is 2.21. The summed E-state index contributed by atoms with van der Waals surface area (Å²) in [6, 6.07) is 1.96. The van der Waals surface area contributed by atoms with Crippen molar-refractivity contribution in [3.8, 4) is 0 Å². The summed E-state index contributed by atoms with van der Waals surface area (Å²) in [6.07, 6.45) is 1.64. The van der Waals surface area contributed by atoms with Gasteiger partial charge in [0.1, 0.15) is 6.54 Å². The van der Waals surface area contributed by atoms with Crippen molar-refractivity contribution in [3.63, 3.8) is 0 Å². The minimum Gasteiger partial charge on any atom is -0.468 e. The van der Waals surface area contributed by atoms with Gasteiger partial charge in [0.15, 0.2) is 0 Å².